The molecule has 2 N–H and O–H groups in total. The monoisotopic (exact) mass is 196 g/mol. The lowest BCUT2D eigenvalue weighted by Gasteiger charge is -2.42. The topological polar surface area (TPSA) is 29.3 Å². The molecule has 1 unspecified atom stereocenters. The van der Waals surface area contributed by atoms with Crippen LogP contribution < -0.4 is 5.73 Å². The molecule has 0 aromatic carbocycles. The van der Waals surface area contributed by atoms with E-state index in [-0.39, 0.29) is 0 Å². The molecule has 2 nitrogen and oxygen atoms in total. The van der Waals surface area contributed by atoms with Gasteiger partial charge in [-0.25, -0.2) is 0 Å². The van der Waals surface area contributed by atoms with Gasteiger partial charge in [-0.15, -0.1) is 0 Å². The highest BCUT2D eigenvalue weighted by atomic mass is 15.2. The van der Waals surface area contributed by atoms with E-state index in [1.165, 1.54) is 58.0 Å². The zero-order valence-electron chi connectivity index (χ0n) is 9.25. The first-order valence-corrected chi connectivity index (χ1v) is 6.34. The first-order valence-electron chi connectivity index (χ1n) is 6.34. The maximum Gasteiger partial charge on any atom is 0.0108 e. The summed E-state index contributed by atoms with van der Waals surface area (Å²) in [6.45, 7) is 3.61. The SMILES string of the molecule is NCCCC1CCN1CC1CCCC1. The Morgan fingerprint density at radius 1 is 1.14 bits per heavy atom. The Kier molecular flexibility index (Phi) is 3.82. The lowest BCUT2D eigenvalue weighted by Crippen LogP contribution is -2.49. The predicted molar refractivity (Wildman–Crippen MR) is 60.2 cm³/mol. The average molecular weight is 196 g/mol. The van der Waals surface area contributed by atoms with Gasteiger partial charge in [-0.3, -0.25) is 0 Å². The fraction of sp³-hybridized carbons (Fsp3) is 1.00. The summed E-state index contributed by atoms with van der Waals surface area (Å²) >= 11 is 0. The Hall–Kier alpha value is -0.0800. The largest absolute Gasteiger partial charge is 0.330 e. The molecule has 0 amide bonds. The van der Waals surface area contributed by atoms with Crippen molar-refractivity contribution in [1.29, 1.82) is 0 Å². The van der Waals surface area contributed by atoms with Gasteiger partial charge in [0.2, 0.25) is 0 Å². The van der Waals surface area contributed by atoms with E-state index in [2.05, 4.69) is 4.90 Å². The molecule has 0 spiro atoms. The van der Waals surface area contributed by atoms with Gasteiger partial charge in [0.15, 0.2) is 0 Å². The van der Waals surface area contributed by atoms with E-state index in [0.717, 1.165) is 18.5 Å². The van der Waals surface area contributed by atoms with Crippen LogP contribution in [-0.4, -0.2) is 30.6 Å². The van der Waals surface area contributed by atoms with E-state index in [1.807, 2.05) is 0 Å². The maximum atomic E-state index is 5.55. The molecule has 2 aliphatic rings. The van der Waals surface area contributed by atoms with Crippen LogP contribution in [0.4, 0.5) is 0 Å². The Morgan fingerprint density at radius 2 is 1.93 bits per heavy atom. The van der Waals surface area contributed by atoms with Gasteiger partial charge in [-0.1, -0.05) is 12.8 Å². The summed E-state index contributed by atoms with van der Waals surface area (Å²) in [4.78, 5) is 2.70. The first-order chi connectivity index (χ1) is 6.90. The van der Waals surface area contributed by atoms with Crippen molar-refractivity contribution >= 4 is 0 Å². The Labute approximate surface area is 87.8 Å². The van der Waals surface area contributed by atoms with Crippen LogP contribution in [-0.2, 0) is 0 Å². The molecule has 0 aromatic rings. The lowest BCUT2D eigenvalue weighted by atomic mass is 9.95. The van der Waals surface area contributed by atoms with Crippen LogP contribution >= 0.6 is 0 Å². The average Bonchev–Trinajstić information content (AvgIpc) is 2.65. The van der Waals surface area contributed by atoms with Gasteiger partial charge in [0.1, 0.15) is 0 Å². The third-order valence-corrected chi connectivity index (χ3v) is 3.97. The van der Waals surface area contributed by atoms with Crippen LogP contribution in [0.1, 0.15) is 44.9 Å². The second-order valence-corrected chi connectivity index (χ2v) is 5.02. The molecule has 1 atom stereocenters. The molecule has 1 aliphatic heterocycles. The molecular formula is C12H24N2. The van der Waals surface area contributed by atoms with Crippen LogP contribution in [0.2, 0.25) is 0 Å². The minimum absolute atomic E-state index is 0.869. The van der Waals surface area contributed by atoms with Gasteiger partial charge in [0.25, 0.3) is 0 Å². The van der Waals surface area contributed by atoms with Crippen molar-refractivity contribution in [1.82, 2.24) is 4.90 Å². The highest BCUT2D eigenvalue weighted by Crippen LogP contribution is 2.30. The van der Waals surface area contributed by atoms with Crippen LogP contribution in [0, 0.1) is 5.92 Å². The highest BCUT2D eigenvalue weighted by molar-refractivity contribution is 4.85. The third-order valence-electron chi connectivity index (χ3n) is 3.97. The number of rotatable bonds is 5. The minimum Gasteiger partial charge on any atom is -0.330 e. The number of nitrogens with zero attached hydrogens (tertiary/aromatic N) is 1. The van der Waals surface area contributed by atoms with Crippen molar-refractivity contribution in [3.63, 3.8) is 0 Å². The van der Waals surface area contributed by atoms with E-state index < -0.39 is 0 Å². The molecule has 1 saturated heterocycles. The van der Waals surface area contributed by atoms with E-state index in [0.29, 0.717) is 0 Å². The number of likely N-dealkylation sites (tertiary alicyclic amines) is 1. The molecule has 2 fully saturated rings. The predicted octanol–water partition coefficient (Wildman–Crippen LogP) is 1.99. The Morgan fingerprint density at radius 3 is 2.50 bits per heavy atom. The second kappa shape index (κ2) is 5.13. The van der Waals surface area contributed by atoms with Crippen LogP contribution in [0.15, 0.2) is 0 Å². The summed E-state index contributed by atoms with van der Waals surface area (Å²) < 4.78 is 0. The van der Waals surface area contributed by atoms with Gasteiger partial charge in [-0.05, 0) is 51.1 Å². The van der Waals surface area contributed by atoms with E-state index in [1.54, 1.807) is 0 Å². The molecule has 0 radical (unpaired) electrons. The fourth-order valence-electron chi connectivity index (χ4n) is 2.94. The van der Waals surface area contributed by atoms with E-state index in [9.17, 15) is 0 Å². The summed E-state index contributed by atoms with van der Waals surface area (Å²) in [6.07, 6.45) is 9.90. The van der Waals surface area contributed by atoms with Gasteiger partial charge in [-0.2, -0.15) is 0 Å². The van der Waals surface area contributed by atoms with Crippen molar-refractivity contribution < 1.29 is 0 Å². The summed E-state index contributed by atoms with van der Waals surface area (Å²) in [6, 6.07) is 0.888. The summed E-state index contributed by atoms with van der Waals surface area (Å²) in [5.41, 5.74) is 5.55. The van der Waals surface area contributed by atoms with Crippen LogP contribution in [0.3, 0.4) is 0 Å². The molecule has 2 heteroatoms. The maximum absolute atomic E-state index is 5.55. The van der Waals surface area contributed by atoms with E-state index in [4.69, 9.17) is 5.73 Å². The standard InChI is InChI=1S/C12H24N2/c13-8-3-6-12-7-9-14(12)10-11-4-1-2-5-11/h11-12H,1-10,13H2. The van der Waals surface area contributed by atoms with Crippen LogP contribution in [0.25, 0.3) is 0 Å². The van der Waals surface area contributed by atoms with Gasteiger partial charge in [0.05, 0.1) is 0 Å². The smallest absolute Gasteiger partial charge is 0.0108 e. The van der Waals surface area contributed by atoms with Crippen molar-refractivity contribution in [2.75, 3.05) is 19.6 Å². The second-order valence-electron chi connectivity index (χ2n) is 5.02. The Balaban J connectivity index is 1.65. The van der Waals surface area contributed by atoms with Crippen molar-refractivity contribution in [2.24, 2.45) is 11.7 Å². The third kappa shape index (κ3) is 2.48. The molecule has 0 bridgehead atoms. The minimum atomic E-state index is 0.869. The summed E-state index contributed by atoms with van der Waals surface area (Å²) in [5, 5.41) is 0. The molecule has 0 aromatic heterocycles. The lowest BCUT2D eigenvalue weighted by molar-refractivity contribution is 0.0651. The first kappa shape index (κ1) is 10.4. The number of hydrogen-bond acceptors (Lipinski definition) is 2. The molecule has 1 aliphatic carbocycles. The van der Waals surface area contributed by atoms with E-state index >= 15 is 0 Å². The van der Waals surface area contributed by atoms with Gasteiger partial charge >= 0.3 is 0 Å². The zero-order chi connectivity index (χ0) is 9.80. The van der Waals surface area contributed by atoms with Crippen molar-refractivity contribution in [2.45, 2.75) is 51.0 Å². The summed E-state index contributed by atoms with van der Waals surface area (Å²) in [5.74, 6) is 1.02. The van der Waals surface area contributed by atoms with Gasteiger partial charge in [0, 0.05) is 12.6 Å². The van der Waals surface area contributed by atoms with Crippen molar-refractivity contribution in [3.05, 3.63) is 0 Å². The normalized spacial score (nSPS) is 29.4. The molecule has 1 heterocycles. The molecular weight excluding hydrogens is 172 g/mol. The van der Waals surface area contributed by atoms with Gasteiger partial charge < -0.3 is 10.6 Å². The van der Waals surface area contributed by atoms with Crippen molar-refractivity contribution in [3.8, 4) is 0 Å². The highest BCUT2D eigenvalue weighted by Gasteiger charge is 2.29. The number of nitrogens with two attached hydrogens (primary N) is 1. The quantitative estimate of drug-likeness (QED) is 0.728. The molecule has 82 valence electrons. The zero-order valence-corrected chi connectivity index (χ0v) is 9.25. The molecule has 1 saturated carbocycles. The molecule has 2 rings (SSSR count). The Bertz CT molecular complexity index is 164. The summed E-state index contributed by atoms with van der Waals surface area (Å²) in [7, 11) is 0. The fourth-order valence-corrected chi connectivity index (χ4v) is 2.94. The molecule has 14 heavy (non-hydrogen) atoms. The number of hydrogen-bond donors (Lipinski definition) is 1. The van der Waals surface area contributed by atoms with Crippen LogP contribution in [0.5, 0.6) is 0 Å².